The molecule has 3 heterocycles. The molecule has 0 fully saturated rings. The van der Waals surface area contributed by atoms with E-state index < -0.39 is 0 Å². The van der Waals surface area contributed by atoms with Crippen LogP contribution in [0.5, 0.6) is 17.2 Å². The molecule has 0 bridgehead atoms. The van der Waals surface area contributed by atoms with Crippen LogP contribution in [0.2, 0.25) is 0 Å². The average Bonchev–Trinajstić information content (AvgIpc) is 3.61. The number of benzene rings is 3. The first kappa shape index (κ1) is 23.0. The predicted molar refractivity (Wildman–Crippen MR) is 134 cm³/mol. The zero-order valence-corrected chi connectivity index (χ0v) is 20.5. The van der Waals surface area contributed by atoms with Crippen LogP contribution in [-0.4, -0.2) is 58.5 Å². The SMILES string of the molecule is COc1c2c(cc3c1[C@H](c1nnnn1-c1ccc(C(=O)NCc4ccccc4)cc1)N(C)CC3)OCO2. The van der Waals surface area contributed by atoms with Crippen LogP contribution in [0.25, 0.3) is 5.69 Å². The van der Waals surface area contributed by atoms with Gasteiger partial charge in [-0.15, -0.1) is 5.10 Å². The highest BCUT2D eigenvalue weighted by atomic mass is 16.7. The van der Waals surface area contributed by atoms with Crippen molar-refractivity contribution in [2.24, 2.45) is 0 Å². The number of nitrogens with zero attached hydrogens (tertiary/aromatic N) is 5. The van der Waals surface area contributed by atoms with Crippen molar-refractivity contribution in [2.75, 3.05) is 27.5 Å². The maximum Gasteiger partial charge on any atom is 0.251 e. The molecule has 1 N–H and O–H groups in total. The van der Waals surface area contributed by atoms with Gasteiger partial charge in [-0.3, -0.25) is 9.69 Å². The van der Waals surface area contributed by atoms with E-state index in [9.17, 15) is 4.79 Å². The first-order valence-electron chi connectivity index (χ1n) is 12.0. The number of amides is 1. The van der Waals surface area contributed by atoms with Crippen LogP contribution < -0.4 is 19.5 Å². The maximum atomic E-state index is 12.7. The van der Waals surface area contributed by atoms with E-state index in [1.54, 1.807) is 23.9 Å². The fourth-order valence-electron chi connectivity index (χ4n) is 4.94. The fourth-order valence-corrected chi connectivity index (χ4v) is 4.94. The molecular formula is C27H26N6O4. The number of nitrogens with one attached hydrogen (secondary N) is 1. The topological polar surface area (TPSA) is 104 Å². The van der Waals surface area contributed by atoms with Crippen LogP contribution in [0.15, 0.2) is 60.7 Å². The van der Waals surface area contributed by atoms with Gasteiger partial charge in [0.15, 0.2) is 17.3 Å². The third-order valence-electron chi connectivity index (χ3n) is 6.80. The normalized spacial score (nSPS) is 16.3. The number of likely N-dealkylation sites (N-methyl/N-ethyl adjacent to an activating group) is 1. The number of tetrazole rings is 1. The van der Waals surface area contributed by atoms with E-state index in [4.69, 9.17) is 14.2 Å². The highest BCUT2D eigenvalue weighted by molar-refractivity contribution is 5.94. The first-order chi connectivity index (χ1) is 18.1. The molecule has 3 aromatic carbocycles. The smallest absolute Gasteiger partial charge is 0.251 e. The lowest BCUT2D eigenvalue weighted by molar-refractivity contribution is 0.0951. The van der Waals surface area contributed by atoms with Crippen LogP contribution in [-0.2, 0) is 13.0 Å². The lowest BCUT2D eigenvalue weighted by Crippen LogP contribution is -2.35. The van der Waals surface area contributed by atoms with Crippen molar-refractivity contribution in [1.29, 1.82) is 0 Å². The molecule has 10 heteroatoms. The minimum atomic E-state index is -0.267. The quantitative estimate of drug-likeness (QED) is 0.433. The first-order valence-corrected chi connectivity index (χ1v) is 12.0. The van der Waals surface area contributed by atoms with Gasteiger partial charge >= 0.3 is 0 Å². The van der Waals surface area contributed by atoms with Crippen molar-refractivity contribution in [2.45, 2.75) is 19.0 Å². The van der Waals surface area contributed by atoms with Gasteiger partial charge in [-0.25, -0.2) is 0 Å². The Hall–Kier alpha value is -4.44. The molecule has 0 saturated heterocycles. The lowest BCUT2D eigenvalue weighted by atomic mass is 9.90. The number of aromatic nitrogens is 4. The van der Waals surface area contributed by atoms with Crippen molar-refractivity contribution >= 4 is 5.91 Å². The van der Waals surface area contributed by atoms with Crippen LogP contribution in [0.1, 0.15) is 38.9 Å². The third kappa shape index (κ3) is 4.15. The Labute approximate surface area is 213 Å². The summed E-state index contributed by atoms with van der Waals surface area (Å²) in [5.74, 6) is 2.43. The van der Waals surface area contributed by atoms with Crippen LogP contribution in [0.4, 0.5) is 0 Å². The number of hydrogen-bond donors (Lipinski definition) is 1. The molecule has 0 spiro atoms. The second kappa shape index (κ2) is 9.55. The largest absolute Gasteiger partial charge is 0.492 e. The Bertz CT molecular complexity index is 1440. The van der Waals surface area contributed by atoms with Crippen molar-refractivity contribution < 1.29 is 19.0 Å². The van der Waals surface area contributed by atoms with Crippen LogP contribution in [0.3, 0.4) is 0 Å². The Balaban J connectivity index is 1.30. The number of ether oxygens (including phenoxy) is 3. The predicted octanol–water partition coefficient (Wildman–Crippen LogP) is 2.91. The van der Waals surface area contributed by atoms with E-state index >= 15 is 0 Å². The number of methoxy groups -OCH3 is 1. The third-order valence-corrected chi connectivity index (χ3v) is 6.80. The van der Waals surface area contributed by atoms with E-state index in [2.05, 4.69) is 25.7 Å². The van der Waals surface area contributed by atoms with Crippen LogP contribution in [0, 0.1) is 0 Å². The molecule has 10 nitrogen and oxygen atoms in total. The van der Waals surface area contributed by atoms with Gasteiger partial charge in [0.2, 0.25) is 12.5 Å². The number of hydrogen-bond acceptors (Lipinski definition) is 8. The molecule has 1 atom stereocenters. The van der Waals surface area contributed by atoms with E-state index in [1.807, 2.05) is 55.6 Å². The summed E-state index contributed by atoms with van der Waals surface area (Å²) >= 11 is 0. The van der Waals surface area contributed by atoms with Gasteiger partial charge in [0.25, 0.3) is 5.91 Å². The molecule has 2 aliphatic rings. The summed E-state index contributed by atoms with van der Waals surface area (Å²) in [7, 11) is 3.67. The second-order valence-electron chi connectivity index (χ2n) is 9.01. The number of fused-ring (bicyclic) bond motifs is 2. The molecule has 188 valence electrons. The van der Waals surface area contributed by atoms with Gasteiger partial charge in [0.05, 0.1) is 12.8 Å². The maximum absolute atomic E-state index is 12.7. The fraction of sp³-hybridized carbons (Fsp3) is 0.259. The van der Waals surface area contributed by atoms with Crippen molar-refractivity contribution in [3.05, 3.63) is 88.7 Å². The summed E-state index contributed by atoms with van der Waals surface area (Å²) in [5, 5.41) is 15.6. The summed E-state index contributed by atoms with van der Waals surface area (Å²) in [6.07, 6.45) is 0.837. The van der Waals surface area contributed by atoms with Gasteiger partial charge in [0, 0.05) is 24.2 Å². The summed E-state index contributed by atoms with van der Waals surface area (Å²) < 4.78 is 18.9. The number of carbonyl (C=O) groups is 1. The zero-order valence-electron chi connectivity index (χ0n) is 20.5. The summed E-state index contributed by atoms with van der Waals surface area (Å²) in [5.41, 5.74) is 4.43. The molecule has 6 rings (SSSR count). The standard InChI is InChI=1S/C27H26N6O4/c1-32-13-12-19-14-21-24(37-16-36-21)25(35-2)22(19)23(32)26-29-30-31-33(26)20-10-8-18(9-11-20)27(34)28-15-17-6-4-3-5-7-17/h3-11,14,23H,12-13,15-16H2,1-2H3,(H,28,34)/t23-/m1/s1. The average molecular weight is 499 g/mol. The highest BCUT2D eigenvalue weighted by Gasteiger charge is 2.37. The molecule has 1 aromatic heterocycles. The Morgan fingerprint density at radius 3 is 2.73 bits per heavy atom. The van der Waals surface area contributed by atoms with Gasteiger partial charge in [-0.2, -0.15) is 4.68 Å². The van der Waals surface area contributed by atoms with Crippen molar-refractivity contribution in [3.63, 3.8) is 0 Å². The molecule has 0 saturated carbocycles. The molecule has 0 radical (unpaired) electrons. The van der Waals surface area contributed by atoms with Crippen molar-refractivity contribution in [3.8, 4) is 22.9 Å². The summed E-state index contributed by atoms with van der Waals surface area (Å²) in [6.45, 7) is 1.44. The van der Waals surface area contributed by atoms with Crippen molar-refractivity contribution in [1.82, 2.24) is 30.4 Å². The number of carbonyl (C=O) groups excluding carboxylic acids is 1. The Morgan fingerprint density at radius 1 is 1.14 bits per heavy atom. The minimum absolute atomic E-state index is 0.144. The molecule has 1 amide bonds. The second-order valence-corrected chi connectivity index (χ2v) is 9.01. The van der Waals surface area contributed by atoms with E-state index in [0.717, 1.165) is 35.3 Å². The molecule has 37 heavy (non-hydrogen) atoms. The van der Waals surface area contributed by atoms with Crippen LogP contribution >= 0.6 is 0 Å². The van der Waals surface area contributed by atoms with Gasteiger partial charge in [-0.1, -0.05) is 30.3 Å². The minimum Gasteiger partial charge on any atom is -0.492 e. The summed E-state index contributed by atoms with van der Waals surface area (Å²) in [6, 6.07) is 18.8. The van der Waals surface area contributed by atoms with Gasteiger partial charge < -0.3 is 19.5 Å². The molecule has 4 aromatic rings. The monoisotopic (exact) mass is 498 g/mol. The van der Waals surface area contributed by atoms with E-state index in [0.29, 0.717) is 35.2 Å². The molecule has 0 unspecified atom stereocenters. The molecule has 2 aliphatic heterocycles. The Kier molecular flexibility index (Phi) is 5.93. The number of rotatable bonds is 6. The molecular weight excluding hydrogens is 472 g/mol. The highest BCUT2D eigenvalue weighted by Crippen LogP contribution is 2.50. The summed E-state index contributed by atoms with van der Waals surface area (Å²) in [4.78, 5) is 14.9. The van der Waals surface area contributed by atoms with Gasteiger partial charge in [0.1, 0.15) is 6.04 Å². The van der Waals surface area contributed by atoms with E-state index in [1.165, 1.54) is 0 Å². The lowest BCUT2D eigenvalue weighted by Gasteiger charge is -2.34. The van der Waals surface area contributed by atoms with Gasteiger partial charge in [-0.05, 0) is 65.4 Å². The zero-order chi connectivity index (χ0) is 25.4. The molecule has 0 aliphatic carbocycles. The Morgan fingerprint density at radius 2 is 1.95 bits per heavy atom. The van der Waals surface area contributed by atoms with E-state index in [-0.39, 0.29) is 18.7 Å².